The molecule has 0 saturated carbocycles. The smallest absolute Gasteiger partial charge is 0.236 e. The van der Waals surface area contributed by atoms with Crippen LogP contribution in [0.1, 0.15) is 32.4 Å². The van der Waals surface area contributed by atoms with Gasteiger partial charge in [-0.25, -0.2) is 4.98 Å². The number of anilines is 1. The van der Waals surface area contributed by atoms with Gasteiger partial charge in [-0.2, -0.15) is 0 Å². The molecule has 1 rings (SSSR count). The summed E-state index contributed by atoms with van der Waals surface area (Å²) in [7, 11) is 0. The number of carbonyl (C=O) groups excluding carboxylic acids is 1. The van der Waals surface area contributed by atoms with Gasteiger partial charge in [0, 0.05) is 12.7 Å². The summed E-state index contributed by atoms with van der Waals surface area (Å²) in [4.78, 5) is 17.2. The second-order valence-electron chi connectivity index (χ2n) is 4.86. The standard InChI is InChI=1S/C13H21N3O2/c1-9(2)7-16(8-12(14)18)13-6-11(10(3)17)4-5-15-13/h4-6,9-10,17H,7-8H2,1-3H3,(H2,14,18)/t10-/m1/s1. The van der Waals surface area contributed by atoms with Gasteiger partial charge < -0.3 is 15.7 Å². The van der Waals surface area contributed by atoms with Gasteiger partial charge in [0.05, 0.1) is 12.6 Å². The fourth-order valence-electron chi connectivity index (χ4n) is 1.73. The lowest BCUT2D eigenvalue weighted by atomic mass is 10.1. The Morgan fingerprint density at radius 2 is 2.17 bits per heavy atom. The van der Waals surface area contributed by atoms with Crippen LogP contribution in [0.3, 0.4) is 0 Å². The summed E-state index contributed by atoms with van der Waals surface area (Å²) in [5.74, 6) is 0.669. The molecule has 1 aromatic rings. The van der Waals surface area contributed by atoms with Gasteiger partial charge in [0.15, 0.2) is 0 Å². The zero-order valence-corrected chi connectivity index (χ0v) is 11.1. The molecule has 0 unspecified atom stereocenters. The predicted octanol–water partition coefficient (Wildman–Crippen LogP) is 1.08. The van der Waals surface area contributed by atoms with Crippen molar-refractivity contribution in [3.63, 3.8) is 0 Å². The molecule has 0 aliphatic carbocycles. The van der Waals surface area contributed by atoms with Crippen LogP contribution in [0, 0.1) is 5.92 Å². The van der Waals surface area contributed by atoms with Crippen molar-refractivity contribution in [3.05, 3.63) is 23.9 Å². The first-order valence-electron chi connectivity index (χ1n) is 6.07. The molecular formula is C13H21N3O2. The maximum Gasteiger partial charge on any atom is 0.236 e. The fraction of sp³-hybridized carbons (Fsp3) is 0.538. The van der Waals surface area contributed by atoms with E-state index in [2.05, 4.69) is 18.8 Å². The number of aliphatic hydroxyl groups is 1. The first-order valence-corrected chi connectivity index (χ1v) is 6.07. The Morgan fingerprint density at radius 1 is 1.50 bits per heavy atom. The Kier molecular flexibility index (Phi) is 5.09. The van der Waals surface area contributed by atoms with Crippen LogP contribution in [0.15, 0.2) is 18.3 Å². The van der Waals surface area contributed by atoms with Crippen LogP contribution >= 0.6 is 0 Å². The van der Waals surface area contributed by atoms with E-state index in [1.165, 1.54) is 0 Å². The molecule has 100 valence electrons. The summed E-state index contributed by atoms with van der Waals surface area (Å²) in [6, 6.07) is 3.54. The zero-order chi connectivity index (χ0) is 13.7. The molecule has 0 radical (unpaired) electrons. The Morgan fingerprint density at radius 3 is 2.67 bits per heavy atom. The molecule has 0 saturated heterocycles. The fourth-order valence-corrected chi connectivity index (χ4v) is 1.73. The molecule has 0 aliphatic rings. The number of primary amides is 1. The normalized spacial score (nSPS) is 12.5. The lowest BCUT2D eigenvalue weighted by Crippen LogP contribution is -2.36. The van der Waals surface area contributed by atoms with Gasteiger partial charge in [0.25, 0.3) is 0 Å². The average molecular weight is 251 g/mol. The van der Waals surface area contributed by atoms with Crippen LogP contribution in [0.2, 0.25) is 0 Å². The molecule has 1 heterocycles. The highest BCUT2D eigenvalue weighted by atomic mass is 16.3. The summed E-state index contributed by atoms with van der Waals surface area (Å²) in [5.41, 5.74) is 6.02. The van der Waals surface area contributed by atoms with Gasteiger partial charge >= 0.3 is 0 Å². The molecule has 1 aromatic heterocycles. The Hall–Kier alpha value is -1.62. The van der Waals surface area contributed by atoms with Crippen molar-refractivity contribution in [1.82, 2.24) is 4.98 Å². The summed E-state index contributed by atoms with van der Waals surface area (Å²) in [6.07, 6.45) is 1.08. The van der Waals surface area contributed by atoms with Gasteiger partial charge in [0.1, 0.15) is 5.82 Å². The average Bonchev–Trinajstić information content (AvgIpc) is 2.27. The van der Waals surface area contributed by atoms with Crippen LogP contribution < -0.4 is 10.6 Å². The highest BCUT2D eigenvalue weighted by molar-refractivity contribution is 5.79. The molecule has 0 bridgehead atoms. The summed E-state index contributed by atoms with van der Waals surface area (Å²) >= 11 is 0. The molecule has 5 nitrogen and oxygen atoms in total. The number of hydrogen-bond acceptors (Lipinski definition) is 4. The van der Waals surface area contributed by atoms with E-state index in [-0.39, 0.29) is 12.5 Å². The summed E-state index contributed by atoms with van der Waals surface area (Å²) in [6.45, 7) is 6.65. The van der Waals surface area contributed by atoms with Crippen molar-refractivity contribution in [3.8, 4) is 0 Å². The third-order valence-corrected chi connectivity index (χ3v) is 2.51. The number of aromatic nitrogens is 1. The number of hydrogen-bond donors (Lipinski definition) is 2. The van der Waals surface area contributed by atoms with E-state index < -0.39 is 6.10 Å². The van der Waals surface area contributed by atoms with Crippen LogP contribution in [0.25, 0.3) is 0 Å². The number of nitrogens with zero attached hydrogens (tertiary/aromatic N) is 2. The van der Waals surface area contributed by atoms with Gasteiger partial charge in [-0.05, 0) is 30.5 Å². The van der Waals surface area contributed by atoms with Crippen molar-refractivity contribution >= 4 is 11.7 Å². The topological polar surface area (TPSA) is 79.5 Å². The number of aliphatic hydroxyl groups excluding tert-OH is 1. The quantitative estimate of drug-likeness (QED) is 0.793. The molecule has 1 amide bonds. The maximum atomic E-state index is 11.1. The van der Waals surface area contributed by atoms with E-state index in [1.54, 1.807) is 25.3 Å². The highest BCUT2D eigenvalue weighted by Gasteiger charge is 2.13. The molecule has 1 atom stereocenters. The van der Waals surface area contributed by atoms with Crippen molar-refractivity contribution in [2.75, 3.05) is 18.0 Å². The molecule has 3 N–H and O–H groups in total. The minimum Gasteiger partial charge on any atom is -0.389 e. The lowest BCUT2D eigenvalue weighted by molar-refractivity contribution is -0.116. The van der Waals surface area contributed by atoms with Crippen LogP contribution in [0.4, 0.5) is 5.82 Å². The molecule has 18 heavy (non-hydrogen) atoms. The number of nitrogens with two attached hydrogens (primary N) is 1. The lowest BCUT2D eigenvalue weighted by Gasteiger charge is -2.24. The van der Waals surface area contributed by atoms with E-state index in [0.29, 0.717) is 18.3 Å². The number of pyridine rings is 1. The minimum absolute atomic E-state index is 0.133. The zero-order valence-electron chi connectivity index (χ0n) is 11.1. The summed E-state index contributed by atoms with van der Waals surface area (Å²) < 4.78 is 0. The second-order valence-corrected chi connectivity index (χ2v) is 4.86. The second kappa shape index (κ2) is 6.35. The van der Waals surface area contributed by atoms with E-state index in [1.807, 2.05) is 4.90 Å². The van der Waals surface area contributed by atoms with Crippen molar-refractivity contribution in [2.24, 2.45) is 11.7 Å². The summed E-state index contributed by atoms with van der Waals surface area (Å²) in [5, 5.41) is 9.56. The SMILES string of the molecule is CC(C)CN(CC(N)=O)c1cc([C@@H](C)O)ccn1. The Labute approximate surface area is 108 Å². The third kappa shape index (κ3) is 4.33. The number of carbonyl (C=O) groups is 1. The Balaban J connectivity index is 2.96. The predicted molar refractivity (Wildman–Crippen MR) is 71.1 cm³/mol. The van der Waals surface area contributed by atoms with Crippen molar-refractivity contribution in [1.29, 1.82) is 0 Å². The Bertz CT molecular complexity index is 405. The van der Waals surface area contributed by atoms with E-state index in [9.17, 15) is 9.90 Å². The largest absolute Gasteiger partial charge is 0.389 e. The monoisotopic (exact) mass is 251 g/mol. The van der Waals surface area contributed by atoms with Crippen LogP contribution in [0.5, 0.6) is 0 Å². The van der Waals surface area contributed by atoms with Crippen LogP contribution in [-0.4, -0.2) is 29.1 Å². The van der Waals surface area contributed by atoms with Gasteiger partial charge in [-0.1, -0.05) is 13.8 Å². The van der Waals surface area contributed by atoms with Gasteiger partial charge in [-0.15, -0.1) is 0 Å². The molecule has 0 aliphatic heterocycles. The first-order chi connectivity index (χ1) is 8.40. The molecule has 5 heteroatoms. The molecule has 0 spiro atoms. The molecule has 0 fully saturated rings. The van der Waals surface area contributed by atoms with Crippen LogP contribution in [-0.2, 0) is 4.79 Å². The maximum absolute atomic E-state index is 11.1. The molecule has 0 aromatic carbocycles. The van der Waals surface area contributed by atoms with E-state index in [0.717, 1.165) is 5.56 Å². The number of rotatable bonds is 6. The van der Waals surface area contributed by atoms with Gasteiger partial charge in [-0.3, -0.25) is 4.79 Å². The van der Waals surface area contributed by atoms with E-state index in [4.69, 9.17) is 5.73 Å². The minimum atomic E-state index is -0.554. The van der Waals surface area contributed by atoms with E-state index >= 15 is 0 Å². The number of amides is 1. The highest BCUT2D eigenvalue weighted by Crippen LogP contribution is 2.18. The van der Waals surface area contributed by atoms with Crippen molar-refractivity contribution < 1.29 is 9.90 Å². The third-order valence-electron chi connectivity index (χ3n) is 2.51. The first kappa shape index (κ1) is 14.4. The van der Waals surface area contributed by atoms with Crippen molar-refractivity contribution in [2.45, 2.75) is 26.9 Å². The molecular weight excluding hydrogens is 230 g/mol. The van der Waals surface area contributed by atoms with Gasteiger partial charge in [0.2, 0.25) is 5.91 Å².